The minimum absolute atomic E-state index is 0. The van der Waals surface area contributed by atoms with Crippen LogP contribution in [0.25, 0.3) is 0 Å². The zero-order valence-electron chi connectivity index (χ0n) is 3.84. The van der Waals surface area contributed by atoms with Crippen LogP contribution in [0.1, 0.15) is 5.01 Å². The van der Waals surface area contributed by atoms with Gasteiger partial charge in [-0.3, -0.25) is 0 Å². The molecule has 0 saturated carbocycles. The van der Waals surface area contributed by atoms with Gasteiger partial charge in [-0.15, -0.1) is 0 Å². The van der Waals surface area contributed by atoms with Gasteiger partial charge in [0.2, 0.25) is 0 Å². The molecule has 0 fully saturated rings. The maximum absolute atomic E-state index is 3.88. The molecule has 1 heterocycles. The fourth-order valence-electron chi connectivity index (χ4n) is 0.255. The molecule has 38 valence electrons. The van der Waals surface area contributed by atoms with Gasteiger partial charge in [-0.1, -0.05) is 18.1 Å². The van der Waals surface area contributed by atoms with Crippen LogP contribution in [-0.2, 0) is 21.1 Å². The van der Waals surface area contributed by atoms with Crippen LogP contribution in [0.15, 0.2) is 6.20 Å². The van der Waals surface area contributed by atoms with Crippen LogP contribution in [0.2, 0.25) is 0 Å². The van der Waals surface area contributed by atoms with Crippen LogP contribution in [0.5, 0.6) is 0 Å². The first kappa shape index (κ1) is 7.32. The molecule has 1 rings (SSSR count). The summed E-state index contributed by atoms with van der Waals surface area (Å²) in [6.45, 7) is 1.96. The Labute approximate surface area is 61.0 Å². The molecule has 0 aliphatic heterocycles. The van der Waals surface area contributed by atoms with Gasteiger partial charge < -0.3 is 16.3 Å². The van der Waals surface area contributed by atoms with E-state index in [0.29, 0.717) is 0 Å². The van der Waals surface area contributed by atoms with E-state index in [1.165, 1.54) is 0 Å². The smallest absolute Gasteiger partial charge is 0 e. The standard InChI is InChI=1S/C4H4NS.W/c1-4-5-2-3-6-4;/h2H,1H3;/q-1;. The van der Waals surface area contributed by atoms with Crippen LogP contribution in [0.3, 0.4) is 0 Å². The van der Waals surface area contributed by atoms with Gasteiger partial charge in [0.25, 0.3) is 0 Å². The summed E-state index contributed by atoms with van der Waals surface area (Å²) in [6.07, 6.45) is 1.68. The van der Waals surface area contributed by atoms with Crippen molar-refractivity contribution in [1.82, 2.24) is 4.98 Å². The third-order valence-corrected chi connectivity index (χ3v) is 1.13. The van der Waals surface area contributed by atoms with E-state index < -0.39 is 0 Å². The van der Waals surface area contributed by atoms with E-state index >= 15 is 0 Å². The number of aryl methyl sites for hydroxylation is 1. The number of hydrogen-bond donors (Lipinski definition) is 0. The van der Waals surface area contributed by atoms with E-state index in [-0.39, 0.29) is 21.1 Å². The van der Waals surface area contributed by atoms with Crippen molar-refractivity contribution < 1.29 is 21.1 Å². The summed E-state index contributed by atoms with van der Waals surface area (Å²) in [5.41, 5.74) is 0. The molecule has 0 saturated heterocycles. The molecule has 0 N–H and O–H groups in total. The van der Waals surface area contributed by atoms with Gasteiger partial charge in [0.05, 0.1) is 0 Å². The molecule has 7 heavy (non-hydrogen) atoms. The first-order chi connectivity index (χ1) is 2.89. The van der Waals surface area contributed by atoms with E-state index in [1.54, 1.807) is 17.5 Å². The molecule has 0 bridgehead atoms. The molecule has 3 heteroatoms. The number of rotatable bonds is 0. The minimum Gasteiger partial charge on any atom is -0.365 e. The summed E-state index contributed by atoms with van der Waals surface area (Å²) < 4.78 is 0. The number of nitrogens with zero attached hydrogens (tertiary/aromatic N) is 1. The van der Waals surface area contributed by atoms with Crippen molar-refractivity contribution in [2.45, 2.75) is 6.92 Å². The zero-order chi connectivity index (χ0) is 4.41. The van der Waals surface area contributed by atoms with Crippen molar-refractivity contribution in [3.8, 4) is 0 Å². The van der Waals surface area contributed by atoms with Crippen LogP contribution in [0, 0.1) is 12.3 Å². The Kier molecular flexibility index (Phi) is 3.49. The molecule has 0 radical (unpaired) electrons. The molecular weight excluding hydrogens is 278 g/mol. The summed E-state index contributed by atoms with van der Waals surface area (Å²) in [4.78, 5) is 3.88. The van der Waals surface area contributed by atoms with E-state index in [2.05, 4.69) is 10.4 Å². The molecule has 0 amide bonds. The molecule has 1 nitrogen and oxygen atoms in total. The maximum Gasteiger partial charge on any atom is 0 e. The van der Waals surface area contributed by atoms with Crippen LogP contribution < -0.4 is 0 Å². The van der Waals surface area contributed by atoms with Gasteiger partial charge in [-0.2, -0.15) is 5.38 Å². The maximum atomic E-state index is 3.88. The average Bonchev–Trinajstić information content (AvgIpc) is 1.86. The first-order valence-corrected chi connectivity index (χ1v) is 2.50. The molecule has 0 aliphatic carbocycles. The fraction of sp³-hybridized carbons (Fsp3) is 0.250. The Morgan fingerprint density at radius 3 is 2.71 bits per heavy atom. The monoisotopic (exact) mass is 282 g/mol. The van der Waals surface area contributed by atoms with Crippen molar-refractivity contribution in [3.05, 3.63) is 16.6 Å². The first-order valence-electron chi connectivity index (χ1n) is 1.68. The average molecular weight is 282 g/mol. The van der Waals surface area contributed by atoms with Gasteiger partial charge in [0.1, 0.15) is 0 Å². The van der Waals surface area contributed by atoms with Crippen LogP contribution in [-0.4, -0.2) is 4.98 Å². The van der Waals surface area contributed by atoms with Gasteiger partial charge in [-0.25, -0.2) is 0 Å². The van der Waals surface area contributed by atoms with Crippen molar-refractivity contribution in [2.75, 3.05) is 0 Å². The summed E-state index contributed by atoms with van der Waals surface area (Å²) >= 11 is 1.54. The number of hydrogen-bond acceptors (Lipinski definition) is 2. The SMILES string of the molecule is Cc1nc[c-]s1.[W]. The normalized spacial score (nSPS) is 7.57. The van der Waals surface area contributed by atoms with Crippen molar-refractivity contribution in [1.29, 1.82) is 0 Å². The molecule has 1 aromatic heterocycles. The fourth-order valence-corrected chi connectivity index (χ4v) is 0.637. The Hall–Kier alpha value is 0.318. The largest absolute Gasteiger partial charge is 0.365 e. The van der Waals surface area contributed by atoms with Crippen molar-refractivity contribution >= 4 is 11.3 Å². The summed E-state index contributed by atoms with van der Waals surface area (Å²) in [5.74, 6) is 0. The Morgan fingerprint density at radius 2 is 2.57 bits per heavy atom. The zero-order valence-corrected chi connectivity index (χ0v) is 7.59. The summed E-state index contributed by atoms with van der Waals surface area (Å²) in [7, 11) is 0. The molecule has 0 unspecified atom stereocenters. The number of thiazole rings is 1. The topological polar surface area (TPSA) is 12.9 Å². The second-order valence-corrected chi connectivity index (χ2v) is 2.03. The van der Waals surface area contributed by atoms with Gasteiger partial charge in [0.15, 0.2) is 0 Å². The second kappa shape index (κ2) is 3.34. The summed E-state index contributed by atoms with van der Waals surface area (Å²) in [5, 5.41) is 3.94. The van der Waals surface area contributed by atoms with E-state index in [4.69, 9.17) is 0 Å². The van der Waals surface area contributed by atoms with Gasteiger partial charge in [0, 0.05) is 21.1 Å². The third kappa shape index (κ3) is 2.20. The molecular formula is C4H4NSW-. The third-order valence-electron chi connectivity index (χ3n) is 0.506. The Morgan fingerprint density at radius 1 is 1.86 bits per heavy atom. The second-order valence-electron chi connectivity index (χ2n) is 0.997. The molecule has 0 aliphatic rings. The Balaban J connectivity index is 0.000000360. The number of aromatic nitrogens is 1. The van der Waals surface area contributed by atoms with E-state index in [0.717, 1.165) is 5.01 Å². The van der Waals surface area contributed by atoms with Crippen LogP contribution >= 0.6 is 11.3 Å². The predicted octanol–water partition coefficient (Wildman–Crippen LogP) is 1.25. The summed E-state index contributed by atoms with van der Waals surface area (Å²) in [6, 6.07) is 0. The van der Waals surface area contributed by atoms with Crippen molar-refractivity contribution in [2.24, 2.45) is 0 Å². The van der Waals surface area contributed by atoms with Gasteiger partial charge >= 0.3 is 0 Å². The quantitative estimate of drug-likeness (QED) is 0.653. The van der Waals surface area contributed by atoms with Gasteiger partial charge in [-0.05, 0) is 0 Å². The Bertz CT molecular complexity index is 115. The molecule has 1 aromatic rings. The van der Waals surface area contributed by atoms with Crippen LogP contribution in [0.4, 0.5) is 0 Å². The molecule has 0 spiro atoms. The van der Waals surface area contributed by atoms with E-state index in [1.807, 2.05) is 6.92 Å². The van der Waals surface area contributed by atoms with E-state index in [9.17, 15) is 0 Å². The minimum atomic E-state index is 0. The molecule has 0 aromatic carbocycles. The predicted molar refractivity (Wildman–Crippen MR) is 25.7 cm³/mol. The molecule has 0 atom stereocenters. The van der Waals surface area contributed by atoms with Crippen molar-refractivity contribution in [3.63, 3.8) is 0 Å².